The van der Waals surface area contributed by atoms with Gasteiger partial charge in [-0.1, -0.05) is 52.3 Å². The Labute approximate surface area is 82.0 Å². The van der Waals surface area contributed by atoms with E-state index in [4.69, 9.17) is 0 Å². The van der Waals surface area contributed by atoms with Crippen molar-refractivity contribution in [2.24, 2.45) is 0 Å². The number of aryl methyl sites for hydroxylation is 1. The highest BCUT2D eigenvalue weighted by atomic mass is 14.2. The molecule has 1 rings (SSSR count). The predicted molar refractivity (Wildman–Crippen MR) is 58.0 cm³/mol. The van der Waals surface area contributed by atoms with Gasteiger partial charge in [0.1, 0.15) is 0 Å². The van der Waals surface area contributed by atoms with Crippen LogP contribution in [0.5, 0.6) is 0 Å². The van der Waals surface area contributed by atoms with Crippen LogP contribution in [0.1, 0.15) is 45.2 Å². The van der Waals surface area contributed by atoms with Crippen LogP contribution in [0.2, 0.25) is 0 Å². The van der Waals surface area contributed by atoms with E-state index in [-0.39, 0.29) is 5.41 Å². The molecule has 0 unspecified atom stereocenters. The molecule has 0 aliphatic rings. The Morgan fingerprint density at radius 1 is 1.23 bits per heavy atom. The summed E-state index contributed by atoms with van der Waals surface area (Å²) in [4.78, 5) is 0. The summed E-state index contributed by atoms with van der Waals surface area (Å²) in [5, 5.41) is 0. The molecule has 0 spiro atoms. The number of benzene rings is 1. The second-order valence-corrected chi connectivity index (χ2v) is 4.59. The maximum absolute atomic E-state index is 3.49. The standard InChI is InChI=1S/C13H19/c1-5-7-11-8-6-9-12(10-11)13(2,3)4/h6,8-9H,5,7H2,1-4H3. The molecule has 0 heterocycles. The fourth-order valence-electron chi connectivity index (χ4n) is 1.37. The zero-order valence-corrected chi connectivity index (χ0v) is 9.15. The predicted octanol–water partition coefficient (Wildman–Crippen LogP) is 3.74. The third kappa shape index (κ3) is 2.87. The average Bonchev–Trinajstić information content (AvgIpc) is 2.04. The molecule has 1 aromatic carbocycles. The molecule has 0 fully saturated rings. The Kier molecular flexibility index (Phi) is 3.13. The molecule has 0 saturated carbocycles. The summed E-state index contributed by atoms with van der Waals surface area (Å²) >= 11 is 0. The topological polar surface area (TPSA) is 0 Å². The van der Waals surface area contributed by atoms with E-state index in [1.54, 1.807) is 0 Å². The fraction of sp³-hybridized carbons (Fsp3) is 0.538. The van der Waals surface area contributed by atoms with Gasteiger partial charge in [0.05, 0.1) is 0 Å². The molecule has 0 nitrogen and oxygen atoms in total. The van der Waals surface area contributed by atoms with Crippen LogP contribution in [0.15, 0.2) is 18.2 Å². The SMILES string of the molecule is CCCc1[c]c(C(C)(C)C)ccc1. The summed E-state index contributed by atoms with van der Waals surface area (Å²) in [6.45, 7) is 8.90. The lowest BCUT2D eigenvalue weighted by Gasteiger charge is -2.19. The van der Waals surface area contributed by atoms with Crippen LogP contribution >= 0.6 is 0 Å². The first-order valence-electron chi connectivity index (χ1n) is 5.05. The monoisotopic (exact) mass is 175 g/mol. The van der Waals surface area contributed by atoms with Crippen LogP contribution in [0.4, 0.5) is 0 Å². The summed E-state index contributed by atoms with van der Waals surface area (Å²) in [6, 6.07) is 9.96. The summed E-state index contributed by atoms with van der Waals surface area (Å²) < 4.78 is 0. The first kappa shape index (κ1) is 10.3. The van der Waals surface area contributed by atoms with Gasteiger partial charge in [0, 0.05) is 0 Å². The fourth-order valence-corrected chi connectivity index (χ4v) is 1.37. The lowest BCUT2D eigenvalue weighted by Crippen LogP contribution is -2.11. The van der Waals surface area contributed by atoms with Gasteiger partial charge in [0.15, 0.2) is 0 Å². The molecule has 1 aromatic rings. The van der Waals surface area contributed by atoms with Gasteiger partial charge in [0.25, 0.3) is 0 Å². The highest BCUT2D eigenvalue weighted by Gasteiger charge is 2.13. The van der Waals surface area contributed by atoms with Gasteiger partial charge in [-0.25, -0.2) is 0 Å². The van der Waals surface area contributed by atoms with E-state index in [1.165, 1.54) is 17.5 Å². The molecule has 0 heteroatoms. The van der Waals surface area contributed by atoms with Crippen LogP contribution in [0.25, 0.3) is 0 Å². The summed E-state index contributed by atoms with van der Waals surface area (Å²) in [5.74, 6) is 0. The zero-order chi connectivity index (χ0) is 9.90. The largest absolute Gasteiger partial charge is 0.0651 e. The van der Waals surface area contributed by atoms with Crippen LogP contribution in [-0.4, -0.2) is 0 Å². The van der Waals surface area contributed by atoms with Crippen LogP contribution < -0.4 is 0 Å². The van der Waals surface area contributed by atoms with E-state index < -0.39 is 0 Å². The number of rotatable bonds is 2. The van der Waals surface area contributed by atoms with Gasteiger partial charge in [-0.05, 0) is 29.0 Å². The van der Waals surface area contributed by atoms with Gasteiger partial charge in [0.2, 0.25) is 0 Å². The van der Waals surface area contributed by atoms with Crippen molar-refractivity contribution < 1.29 is 0 Å². The normalized spacial score (nSPS) is 11.7. The van der Waals surface area contributed by atoms with Gasteiger partial charge in [-0.15, -0.1) is 0 Å². The van der Waals surface area contributed by atoms with E-state index in [2.05, 4.69) is 52.0 Å². The molecule has 0 aromatic heterocycles. The molecule has 0 amide bonds. The van der Waals surface area contributed by atoms with Crippen molar-refractivity contribution in [3.63, 3.8) is 0 Å². The van der Waals surface area contributed by atoms with Crippen molar-refractivity contribution in [1.29, 1.82) is 0 Å². The van der Waals surface area contributed by atoms with Crippen molar-refractivity contribution in [3.05, 3.63) is 35.4 Å². The lowest BCUT2D eigenvalue weighted by molar-refractivity contribution is 0.588. The highest BCUT2D eigenvalue weighted by molar-refractivity contribution is 5.27. The van der Waals surface area contributed by atoms with E-state index in [0.717, 1.165) is 6.42 Å². The van der Waals surface area contributed by atoms with Gasteiger partial charge in [-0.3, -0.25) is 0 Å². The van der Waals surface area contributed by atoms with Crippen LogP contribution in [-0.2, 0) is 11.8 Å². The first-order valence-corrected chi connectivity index (χ1v) is 5.05. The Morgan fingerprint density at radius 2 is 1.92 bits per heavy atom. The molecule has 1 radical (unpaired) electrons. The Balaban J connectivity index is 2.92. The summed E-state index contributed by atoms with van der Waals surface area (Å²) in [5.41, 5.74) is 2.89. The number of hydrogen-bond donors (Lipinski definition) is 0. The summed E-state index contributed by atoms with van der Waals surface area (Å²) in [6.07, 6.45) is 2.34. The second kappa shape index (κ2) is 3.95. The highest BCUT2D eigenvalue weighted by Crippen LogP contribution is 2.22. The quantitative estimate of drug-likeness (QED) is 0.642. The maximum Gasteiger partial charge on any atom is -0.0109 e. The third-order valence-corrected chi connectivity index (χ3v) is 2.18. The first-order chi connectivity index (χ1) is 6.04. The molecule has 0 aliphatic heterocycles. The van der Waals surface area contributed by atoms with Gasteiger partial charge >= 0.3 is 0 Å². The van der Waals surface area contributed by atoms with Crippen molar-refractivity contribution in [1.82, 2.24) is 0 Å². The molecule has 71 valence electrons. The Bertz CT molecular complexity index is 266. The summed E-state index contributed by atoms with van der Waals surface area (Å²) in [7, 11) is 0. The van der Waals surface area contributed by atoms with Crippen molar-refractivity contribution >= 4 is 0 Å². The Morgan fingerprint density at radius 3 is 2.46 bits per heavy atom. The molecular formula is C13H19. The molecule has 0 atom stereocenters. The Hall–Kier alpha value is -0.780. The van der Waals surface area contributed by atoms with Crippen molar-refractivity contribution in [3.8, 4) is 0 Å². The number of hydrogen-bond acceptors (Lipinski definition) is 0. The smallest absolute Gasteiger partial charge is 0.0109 e. The molecule has 0 saturated heterocycles. The molecule has 13 heavy (non-hydrogen) atoms. The van der Waals surface area contributed by atoms with Gasteiger partial charge in [-0.2, -0.15) is 0 Å². The zero-order valence-electron chi connectivity index (χ0n) is 9.15. The maximum atomic E-state index is 3.49. The van der Waals surface area contributed by atoms with Crippen molar-refractivity contribution in [2.45, 2.75) is 46.0 Å². The third-order valence-electron chi connectivity index (χ3n) is 2.18. The molecular weight excluding hydrogens is 156 g/mol. The van der Waals surface area contributed by atoms with Crippen molar-refractivity contribution in [2.75, 3.05) is 0 Å². The molecule has 0 bridgehead atoms. The van der Waals surface area contributed by atoms with E-state index >= 15 is 0 Å². The minimum absolute atomic E-state index is 0.226. The van der Waals surface area contributed by atoms with E-state index in [1.807, 2.05) is 0 Å². The minimum atomic E-state index is 0.226. The lowest BCUT2D eigenvalue weighted by atomic mass is 9.86. The minimum Gasteiger partial charge on any atom is -0.0651 e. The van der Waals surface area contributed by atoms with Gasteiger partial charge < -0.3 is 0 Å². The van der Waals surface area contributed by atoms with Crippen LogP contribution in [0.3, 0.4) is 0 Å². The second-order valence-electron chi connectivity index (χ2n) is 4.59. The van der Waals surface area contributed by atoms with E-state index in [9.17, 15) is 0 Å². The van der Waals surface area contributed by atoms with E-state index in [0.29, 0.717) is 0 Å². The van der Waals surface area contributed by atoms with Crippen LogP contribution in [0, 0.1) is 6.07 Å². The average molecular weight is 175 g/mol. The molecule has 0 N–H and O–H groups in total. The molecule has 0 aliphatic carbocycles.